The van der Waals surface area contributed by atoms with Crippen LogP contribution in [0.15, 0.2) is 48.5 Å². The molecule has 0 radical (unpaired) electrons. The number of fused-ring (bicyclic) bond motifs is 2. The van der Waals surface area contributed by atoms with Gasteiger partial charge in [-0.3, -0.25) is 4.98 Å². The van der Waals surface area contributed by atoms with E-state index in [2.05, 4.69) is 34.6 Å². The number of rotatable bonds is 7. The summed E-state index contributed by atoms with van der Waals surface area (Å²) in [6.07, 6.45) is 4.03. The third-order valence-electron chi connectivity index (χ3n) is 6.19. The highest BCUT2D eigenvalue weighted by atomic mass is 16.6. The van der Waals surface area contributed by atoms with Gasteiger partial charge in [0, 0.05) is 35.9 Å². The van der Waals surface area contributed by atoms with Crippen LogP contribution in [0, 0.1) is 0 Å². The van der Waals surface area contributed by atoms with Crippen molar-refractivity contribution in [2.45, 2.75) is 38.6 Å². The van der Waals surface area contributed by atoms with E-state index in [1.807, 2.05) is 44.4 Å². The summed E-state index contributed by atoms with van der Waals surface area (Å²) in [5.41, 5.74) is 5.82. The van der Waals surface area contributed by atoms with Gasteiger partial charge < -0.3 is 20.3 Å². The number of ether oxygens (including phenoxy) is 1. The predicted molar refractivity (Wildman–Crippen MR) is 129 cm³/mol. The molecule has 0 unspecified atom stereocenters. The Morgan fingerprint density at radius 1 is 1.09 bits per heavy atom. The molecule has 1 amide bonds. The van der Waals surface area contributed by atoms with Gasteiger partial charge in [-0.25, -0.2) is 4.79 Å². The molecule has 6 heteroatoms. The first-order chi connectivity index (χ1) is 15.5. The van der Waals surface area contributed by atoms with Crippen molar-refractivity contribution in [3.8, 4) is 5.75 Å². The van der Waals surface area contributed by atoms with Crippen molar-refractivity contribution in [2.24, 2.45) is 0 Å². The molecule has 1 atom stereocenters. The number of benzene rings is 2. The highest BCUT2D eigenvalue weighted by Gasteiger charge is 2.18. The average Bonchev–Trinajstić information content (AvgIpc) is 2.80. The summed E-state index contributed by atoms with van der Waals surface area (Å²) < 4.78 is 5.49. The summed E-state index contributed by atoms with van der Waals surface area (Å²) >= 11 is 0. The SMILES string of the molecule is C[C@@H](c1cccc(OC(=O)NCCNc2c3c(nc4ccccc24)CCCC3)c1)N(C)C. The topological polar surface area (TPSA) is 66.5 Å². The maximum Gasteiger partial charge on any atom is 0.412 e. The van der Waals surface area contributed by atoms with Crippen LogP contribution in [0.3, 0.4) is 0 Å². The van der Waals surface area contributed by atoms with Gasteiger partial charge in [0.25, 0.3) is 0 Å². The molecule has 0 fully saturated rings. The quantitative estimate of drug-likeness (QED) is 0.518. The first-order valence-electron chi connectivity index (χ1n) is 11.4. The number of carbonyl (C=O) groups is 1. The lowest BCUT2D eigenvalue weighted by molar-refractivity contribution is 0.201. The highest BCUT2D eigenvalue weighted by Crippen LogP contribution is 2.33. The Morgan fingerprint density at radius 2 is 1.91 bits per heavy atom. The number of hydrogen-bond acceptors (Lipinski definition) is 5. The van der Waals surface area contributed by atoms with Gasteiger partial charge in [-0.05, 0) is 76.0 Å². The molecule has 1 aliphatic rings. The predicted octanol–water partition coefficient (Wildman–Crippen LogP) is 4.94. The minimum Gasteiger partial charge on any atom is -0.410 e. The van der Waals surface area contributed by atoms with Crippen molar-refractivity contribution in [1.82, 2.24) is 15.2 Å². The number of amides is 1. The largest absolute Gasteiger partial charge is 0.412 e. The number of anilines is 1. The third kappa shape index (κ3) is 5.02. The second-order valence-electron chi connectivity index (χ2n) is 8.59. The van der Waals surface area contributed by atoms with Gasteiger partial charge >= 0.3 is 6.09 Å². The maximum atomic E-state index is 12.3. The molecule has 6 nitrogen and oxygen atoms in total. The van der Waals surface area contributed by atoms with Crippen LogP contribution < -0.4 is 15.4 Å². The van der Waals surface area contributed by atoms with E-state index in [9.17, 15) is 4.79 Å². The Labute approximate surface area is 190 Å². The van der Waals surface area contributed by atoms with Crippen LogP contribution in [0.5, 0.6) is 5.75 Å². The van der Waals surface area contributed by atoms with E-state index >= 15 is 0 Å². The molecule has 32 heavy (non-hydrogen) atoms. The number of aryl methyl sites for hydroxylation is 1. The van der Waals surface area contributed by atoms with Crippen LogP contribution in [-0.4, -0.2) is 43.2 Å². The molecule has 1 heterocycles. The van der Waals surface area contributed by atoms with E-state index in [0.29, 0.717) is 18.8 Å². The van der Waals surface area contributed by atoms with E-state index in [-0.39, 0.29) is 6.04 Å². The van der Waals surface area contributed by atoms with Gasteiger partial charge in [-0.1, -0.05) is 30.3 Å². The molecule has 0 spiro atoms. The molecule has 2 N–H and O–H groups in total. The number of nitrogens with zero attached hydrogens (tertiary/aromatic N) is 2. The summed E-state index contributed by atoms with van der Waals surface area (Å²) in [5, 5.41) is 7.55. The molecule has 1 aliphatic carbocycles. The number of hydrogen-bond donors (Lipinski definition) is 2. The fourth-order valence-electron chi connectivity index (χ4n) is 4.21. The summed E-state index contributed by atoms with van der Waals surface area (Å²) in [4.78, 5) is 19.3. The highest BCUT2D eigenvalue weighted by molar-refractivity contribution is 5.93. The molecule has 0 saturated heterocycles. The molecule has 0 aliphatic heterocycles. The molecule has 0 saturated carbocycles. The molecule has 3 aromatic rings. The molecule has 4 rings (SSSR count). The fourth-order valence-corrected chi connectivity index (χ4v) is 4.21. The second kappa shape index (κ2) is 10.0. The molecule has 0 bridgehead atoms. The van der Waals surface area contributed by atoms with E-state index < -0.39 is 6.09 Å². The second-order valence-corrected chi connectivity index (χ2v) is 8.59. The zero-order valence-electron chi connectivity index (χ0n) is 19.1. The minimum atomic E-state index is -0.442. The van der Waals surface area contributed by atoms with E-state index in [1.54, 1.807) is 6.07 Å². The first-order valence-corrected chi connectivity index (χ1v) is 11.4. The van der Waals surface area contributed by atoms with Crippen molar-refractivity contribution in [3.63, 3.8) is 0 Å². The number of nitrogens with one attached hydrogen (secondary N) is 2. The Kier molecular flexibility index (Phi) is 6.90. The van der Waals surface area contributed by atoms with Crippen molar-refractivity contribution in [2.75, 3.05) is 32.5 Å². The minimum absolute atomic E-state index is 0.243. The zero-order valence-corrected chi connectivity index (χ0v) is 19.1. The van der Waals surface area contributed by atoms with E-state index in [0.717, 1.165) is 35.0 Å². The molecule has 2 aromatic carbocycles. The Morgan fingerprint density at radius 3 is 2.75 bits per heavy atom. The van der Waals surface area contributed by atoms with Crippen molar-refractivity contribution < 1.29 is 9.53 Å². The molecular formula is C26H32N4O2. The smallest absolute Gasteiger partial charge is 0.410 e. The van der Waals surface area contributed by atoms with Gasteiger partial charge in [0.05, 0.1) is 5.52 Å². The van der Waals surface area contributed by atoms with Gasteiger partial charge in [-0.2, -0.15) is 0 Å². The third-order valence-corrected chi connectivity index (χ3v) is 6.19. The van der Waals surface area contributed by atoms with Gasteiger partial charge in [0.15, 0.2) is 0 Å². The summed E-state index contributed by atoms with van der Waals surface area (Å²) in [6, 6.07) is 16.2. The lowest BCUT2D eigenvalue weighted by Gasteiger charge is -2.22. The Hall–Kier alpha value is -3.12. The van der Waals surface area contributed by atoms with Crippen LogP contribution in [-0.2, 0) is 12.8 Å². The van der Waals surface area contributed by atoms with Crippen LogP contribution >= 0.6 is 0 Å². The Balaban J connectivity index is 1.36. The summed E-state index contributed by atoms with van der Waals surface area (Å²) in [7, 11) is 4.06. The lowest BCUT2D eigenvalue weighted by Crippen LogP contribution is -2.31. The normalized spacial score (nSPS) is 14.1. The summed E-state index contributed by atoms with van der Waals surface area (Å²) in [5.74, 6) is 0.552. The number of carbonyl (C=O) groups excluding carboxylic acids is 1. The van der Waals surface area contributed by atoms with Gasteiger partial charge in [-0.15, -0.1) is 0 Å². The first kappa shape index (κ1) is 22.1. The average molecular weight is 433 g/mol. The van der Waals surface area contributed by atoms with E-state index in [1.165, 1.54) is 24.1 Å². The van der Waals surface area contributed by atoms with Gasteiger partial charge in [0.1, 0.15) is 5.75 Å². The fraction of sp³-hybridized carbons (Fsp3) is 0.385. The Bertz CT molecular complexity index is 1100. The van der Waals surface area contributed by atoms with Crippen molar-refractivity contribution in [1.29, 1.82) is 0 Å². The van der Waals surface area contributed by atoms with Crippen molar-refractivity contribution >= 4 is 22.7 Å². The molecule has 168 valence electrons. The number of pyridine rings is 1. The number of para-hydroxylation sites is 1. The molecular weight excluding hydrogens is 400 g/mol. The summed E-state index contributed by atoms with van der Waals surface area (Å²) in [6.45, 7) is 3.21. The van der Waals surface area contributed by atoms with Crippen molar-refractivity contribution in [3.05, 3.63) is 65.4 Å². The van der Waals surface area contributed by atoms with Crippen LogP contribution in [0.25, 0.3) is 10.9 Å². The zero-order chi connectivity index (χ0) is 22.5. The monoisotopic (exact) mass is 432 g/mol. The number of aromatic nitrogens is 1. The standard InChI is InChI=1S/C26H32N4O2/c1-18(30(2)3)19-9-8-10-20(17-19)32-26(31)28-16-15-27-25-21-11-4-6-13-23(21)29-24-14-7-5-12-22(24)25/h4,6,8-11,13,17-18H,5,7,12,14-16H2,1-3H3,(H,27,29)(H,28,31)/t18-/m0/s1. The van der Waals surface area contributed by atoms with E-state index in [4.69, 9.17) is 9.72 Å². The van der Waals surface area contributed by atoms with Gasteiger partial charge in [0.2, 0.25) is 0 Å². The van der Waals surface area contributed by atoms with Crippen LogP contribution in [0.2, 0.25) is 0 Å². The lowest BCUT2D eigenvalue weighted by atomic mass is 9.92. The van der Waals surface area contributed by atoms with Crippen LogP contribution in [0.1, 0.15) is 42.6 Å². The van der Waals surface area contributed by atoms with Crippen LogP contribution in [0.4, 0.5) is 10.5 Å². The maximum absolute atomic E-state index is 12.3. The molecule has 1 aromatic heterocycles.